The van der Waals surface area contributed by atoms with Crippen molar-refractivity contribution in [3.8, 4) is 11.1 Å². The Bertz CT molecular complexity index is 929. The second-order valence-corrected chi connectivity index (χ2v) is 5.24. The second-order valence-electron chi connectivity index (χ2n) is 5.24. The molecule has 1 amide bonds. The number of aryl methyl sites for hydroxylation is 1. The molecule has 0 bridgehead atoms. The van der Waals surface area contributed by atoms with Crippen LogP contribution in [0.15, 0.2) is 63.9 Å². The average molecular weight is 326 g/mol. The molecular weight excluding hydrogens is 311 g/mol. The van der Waals surface area contributed by atoms with Crippen LogP contribution >= 0.6 is 0 Å². The van der Waals surface area contributed by atoms with E-state index in [-0.39, 0.29) is 17.8 Å². The molecular formula is C18H15FN2O3. The van der Waals surface area contributed by atoms with E-state index in [0.29, 0.717) is 11.1 Å². The Balaban J connectivity index is 1.91. The topological polar surface area (TPSA) is 64.2 Å². The lowest BCUT2D eigenvalue weighted by Crippen LogP contribution is -2.26. The fourth-order valence-electron chi connectivity index (χ4n) is 2.49. The van der Waals surface area contributed by atoms with E-state index in [4.69, 9.17) is 4.52 Å². The second kappa shape index (κ2) is 6.54. The molecule has 0 aliphatic carbocycles. The summed E-state index contributed by atoms with van der Waals surface area (Å²) in [5.41, 5.74) is 0.634. The summed E-state index contributed by atoms with van der Waals surface area (Å²) in [7, 11) is 1.48. The molecule has 0 saturated carbocycles. The van der Waals surface area contributed by atoms with Crippen molar-refractivity contribution < 1.29 is 13.7 Å². The Morgan fingerprint density at radius 1 is 1.12 bits per heavy atom. The van der Waals surface area contributed by atoms with Gasteiger partial charge in [0.1, 0.15) is 11.4 Å². The highest BCUT2D eigenvalue weighted by Gasteiger charge is 2.23. The highest BCUT2D eigenvalue weighted by molar-refractivity contribution is 5.98. The third-order valence-electron chi connectivity index (χ3n) is 3.65. The van der Waals surface area contributed by atoms with Crippen LogP contribution in [0.5, 0.6) is 0 Å². The fourth-order valence-corrected chi connectivity index (χ4v) is 2.49. The van der Waals surface area contributed by atoms with Gasteiger partial charge in [-0.05, 0) is 11.6 Å². The van der Waals surface area contributed by atoms with Crippen LogP contribution in [0, 0.1) is 5.82 Å². The summed E-state index contributed by atoms with van der Waals surface area (Å²) in [4.78, 5) is 24.6. The summed E-state index contributed by atoms with van der Waals surface area (Å²) in [5.74, 6) is -0.910. The highest BCUT2D eigenvalue weighted by atomic mass is 19.1. The first-order valence-corrected chi connectivity index (χ1v) is 7.35. The van der Waals surface area contributed by atoms with Gasteiger partial charge >= 0.3 is 5.63 Å². The molecule has 2 aromatic carbocycles. The Morgan fingerprint density at radius 2 is 1.79 bits per heavy atom. The van der Waals surface area contributed by atoms with Crippen LogP contribution in [0.25, 0.3) is 11.1 Å². The van der Waals surface area contributed by atoms with E-state index in [1.165, 1.54) is 13.1 Å². The maximum Gasteiger partial charge on any atom is 0.366 e. The Labute approximate surface area is 137 Å². The number of nitrogens with one attached hydrogen (secondary N) is 1. The van der Waals surface area contributed by atoms with Gasteiger partial charge in [0.2, 0.25) is 0 Å². The molecule has 1 heterocycles. The predicted octanol–water partition coefficient (Wildman–Crippen LogP) is 2.71. The largest absolute Gasteiger partial charge is 0.366 e. The number of aromatic nitrogens is 1. The van der Waals surface area contributed by atoms with Gasteiger partial charge in [-0.25, -0.2) is 13.9 Å². The molecule has 1 N–H and O–H groups in total. The Kier molecular flexibility index (Phi) is 4.29. The normalized spacial score (nSPS) is 10.6. The molecule has 0 atom stereocenters. The fraction of sp³-hybridized carbons (Fsp3) is 0.111. The molecule has 6 heteroatoms. The third kappa shape index (κ3) is 2.99. The van der Waals surface area contributed by atoms with E-state index in [0.717, 1.165) is 4.74 Å². The standard InChI is InChI=1S/C18H15FN2O3/c1-21-16(15(18(23)24-21)12-7-3-2-4-8-12)17(22)20-11-13-9-5-6-10-14(13)19/h2-10H,11H2,1H3,(H,20,22). The quantitative estimate of drug-likeness (QED) is 0.802. The van der Waals surface area contributed by atoms with Gasteiger partial charge in [0.15, 0.2) is 5.69 Å². The van der Waals surface area contributed by atoms with E-state index in [2.05, 4.69) is 5.32 Å². The van der Waals surface area contributed by atoms with Crippen molar-refractivity contribution >= 4 is 5.91 Å². The van der Waals surface area contributed by atoms with Gasteiger partial charge < -0.3 is 9.84 Å². The van der Waals surface area contributed by atoms with Gasteiger partial charge in [-0.3, -0.25) is 4.79 Å². The molecule has 122 valence electrons. The van der Waals surface area contributed by atoms with Crippen molar-refractivity contribution in [2.75, 3.05) is 0 Å². The Hall–Kier alpha value is -3.15. The number of amides is 1. The zero-order valence-electron chi connectivity index (χ0n) is 13.0. The van der Waals surface area contributed by atoms with Crippen molar-refractivity contribution in [1.82, 2.24) is 10.1 Å². The lowest BCUT2D eigenvalue weighted by atomic mass is 10.1. The highest BCUT2D eigenvalue weighted by Crippen LogP contribution is 2.20. The third-order valence-corrected chi connectivity index (χ3v) is 3.65. The molecule has 0 unspecified atom stereocenters. The van der Waals surface area contributed by atoms with Gasteiger partial charge in [0.25, 0.3) is 5.91 Å². The molecule has 0 spiro atoms. The van der Waals surface area contributed by atoms with Crippen molar-refractivity contribution in [1.29, 1.82) is 0 Å². The van der Waals surface area contributed by atoms with Crippen LogP contribution in [-0.2, 0) is 13.6 Å². The van der Waals surface area contributed by atoms with Crippen LogP contribution in [0.2, 0.25) is 0 Å². The van der Waals surface area contributed by atoms with E-state index in [9.17, 15) is 14.0 Å². The maximum absolute atomic E-state index is 13.6. The monoisotopic (exact) mass is 326 g/mol. The zero-order chi connectivity index (χ0) is 17.1. The van der Waals surface area contributed by atoms with Crippen molar-refractivity contribution in [2.24, 2.45) is 7.05 Å². The van der Waals surface area contributed by atoms with E-state index in [1.54, 1.807) is 42.5 Å². The molecule has 1 aromatic heterocycles. The molecule has 3 aromatic rings. The average Bonchev–Trinajstić information content (AvgIpc) is 2.89. The summed E-state index contributed by atoms with van der Waals surface area (Å²) in [6, 6.07) is 15.0. The summed E-state index contributed by atoms with van der Waals surface area (Å²) in [6.07, 6.45) is 0. The number of nitrogens with zero attached hydrogens (tertiary/aromatic N) is 1. The van der Waals surface area contributed by atoms with Crippen LogP contribution in [0.4, 0.5) is 4.39 Å². The molecule has 5 nitrogen and oxygen atoms in total. The number of halogens is 1. The molecule has 3 rings (SSSR count). The van der Waals surface area contributed by atoms with Crippen LogP contribution in [0.3, 0.4) is 0 Å². The summed E-state index contributed by atoms with van der Waals surface area (Å²) in [6.45, 7) is 0.0130. The van der Waals surface area contributed by atoms with Gasteiger partial charge in [0.05, 0.1) is 0 Å². The maximum atomic E-state index is 13.6. The van der Waals surface area contributed by atoms with E-state index >= 15 is 0 Å². The molecule has 24 heavy (non-hydrogen) atoms. The number of hydrogen-bond donors (Lipinski definition) is 1. The van der Waals surface area contributed by atoms with Crippen molar-refractivity contribution in [2.45, 2.75) is 6.54 Å². The van der Waals surface area contributed by atoms with Gasteiger partial charge in [-0.1, -0.05) is 48.5 Å². The SMILES string of the molecule is Cn1oc(=O)c(-c2ccccc2)c1C(=O)NCc1ccccc1F. The van der Waals surface area contributed by atoms with Crippen LogP contribution in [0.1, 0.15) is 16.1 Å². The summed E-state index contributed by atoms with van der Waals surface area (Å²) in [5, 5.41) is 2.62. The minimum Gasteiger partial charge on any atom is -0.346 e. The number of carbonyl (C=O) groups is 1. The number of rotatable bonds is 4. The minimum absolute atomic E-state index is 0.0130. The lowest BCUT2D eigenvalue weighted by Gasteiger charge is -2.07. The number of benzene rings is 2. The lowest BCUT2D eigenvalue weighted by molar-refractivity contribution is 0.0930. The molecule has 0 aliphatic heterocycles. The summed E-state index contributed by atoms with van der Waals surface area (Å²) < 4.78 is 19.8. The van der Waals surface area contributed by atoms with E-state index < -0.39 is 17.3 Å². The summed E-state index contributed by atoms with van der Waals surface area (Å²) >= 11 is 0. The van der Waals surface area contributed by atoms with Crippen molar-refractivity contribution in [3.63, 3.8) is 0 Å². The molecule has 0 fully saturated rings. The molecule has 0 radical (unpaired) electrons. The van der Waals surface area contributed by atoms with Gasteiger partial charge in [0, 0.05) is 19.2 Å². The smallest absolute Gasteiger partial charge is 0.346 e. The van der Waals surface area contributed by atoms with E-state index in [1.807, 2.05) is 6.07 Å². The number of carbonyl (C=O) groups excluding carboxylic acids is 1. The first-order chi connectivity index (χ1) is 11.6. The molecule has 0 aliphatic rings. The first-order valence-electron chi connectivity index (χ1n) is 7.35. The van der Waals surface area contributed by atoms with Gasteiger partial charge in [-0.15, -0.1) is 0 Å². The Morgan fingerprint density at radius 3 is 2.50 bits per heavy atom. The van der Waals surface area contributed by atoms with Gasteiger partial charge in [-0.2, -0.15) is 0 Å². The molecule has 0 saturated heterocycles. The zero-order valence-corrected chi connectivity index (χ0v) is 13.0. The van der Waals surface area contributed by atoms with Crippen LogP contribution in [-0.4, -0.2) is 10.6 Å². The van der Waals surface area contributed by atoms with Crippen molar-refractivity contribution in [3.05, 3.63) is 82.1 Å². The number of hydrogen-bond acceptors (Lipinski definition) is 3. The predicted molar refractivity (Wildman–Crippen MR) is 87.0 cm³/mol. The minimum atomic E-state index is -0.597. The van der Waals surface area contributed by atoms with Crippen LogP contribution < -0.4 is 10.9 Å². The first kappa shape index (κ1) is 15.7.